The molecule has 7 nitrogen and oxygen atoms in total. The molecule has 0 bridgehead atoms. The van der Waals surface area contributed by atoms with Crippen LogP contribution < -0.4 is 11.1 Å². The Morgan fingerprint density at radius 3 is 2.53 bits per heavy atom. The van der Waals surface area contributed by atoms with E-state index in [-0.39, 0.29) is 29.2 Å². The Morgan fingerprint density at radius 1 is 1.16 bits per heavy atom. The zero-order valence-electron chi connectivity index (χ0n) is 21.1. The standard InChI is InChI=1S/C28H28F2N4O3S/c1-15-25(32-16(2)26(15)28(36)34-10-8-17(31)9-11-34)13-20-19-12-18(6-7-24(19)33-27(20)35)38(37)14-21-22(29)4-3-5-23(21)30/h3-7,12-13,17,32H,8-11,14,31H2,1-2H3,(H,33,35). The molecule has 1 atom stereocenters. The number of carbonyl (C=O) groups is 2. The molecule has 2 aliphatic rings. The van der Waals surface area contributed by atoms with E-state index in [0.29, 0.717) is 51.8 Å². The fourth-order valence-corrected chi connectivity index (χ4v) is 6.15. The molecule has 2 aromatic carbocycles. The molecule has 10 heteroatoms. The van der Waals surface area contributed by atoms with E-state index < -0.39 is 22.4 Å². The molecule has 3 aromatic rings. The summed E-state index contributed by atoms with van der Waals surface area (Å²) in [5.41, 5.74) is 9.77. The van der Waals surface area contributed by atoms with Crippen LogP contribution in [-0.2, 0) is 21.3 Å². The summed E-state index contributed by atoms with van der Waals surface area (Å²) in [6.45, 7) is 4.87. The van der Waals surface area contributed by atoms with E-state index >= 15 is 0 Å². The Kier molecular flexibility index (Phi) is 7.02. The van der Waals surface area contributed by atoms with Crippen molar-refractivity contribution < 1.29 is 22.6 Å². The Bertz CT molecular complexity index is 1490. The van der Waals surface area contributed by atoms with Crippen LogP contribution in [0.1, 0.15) is 51.3 Å². The van der Waals surface area contributed by atoms with Crippen molar-refractivity contribution in [3.63, 3.8) is 0 Å². The molecule has 5 rings (SSSR count). The second-order valence-electron chi connectivity index (χ2n) is 9.70. The molecule has 1 unspecified atom stereocenters. The number of nitrogens with two attached hydrogens (primary N) is 1. The number of hydrogen-bond donors (Lipinski definition) is 3. The number of piperidine rings is 1. The fraction of sp³-hybridized carbons (Fsp3) is 0.286. The number of fused-ring (bicyclic) bond motifs is 1. The van der Waals surface area contributed by atoms with Crippen LogP contribution in [0.4, 0.5) is 14.5 Å². The van der Waals surface area contributed by atoms with Gasteiger partial charge in [0.25, 0.3) is 11.8 Å². The molecule has 1 fully saturated rings. The third-order valence-corrected chi connectivity index (χ3v) is 8.51. The first-order chi connectivity index (χ1) is 18.1. The summed E-state index contributed by atoms with van der Waals surface area (Å²) in [5, 5.41) is 2.79. The van der Waals surface area contributed by atoms with Gasteiger partial charge in [0, 0.05) is 52.2 Å². The van der Waals surface area contributed by atoms with E-state index in [1.165, 1.54) is 6.07 Å². The van der Waals surface area contributed by atoms with Crippen LogP contribution in [0, 0.1) is 25.5 Å². The average molecular weight is 539 g/mol. The van der Waals surface area contributed by atoms with Crippen LogP contribution in [-0.4, -0.2) is 45.0 Å². The molecular weight excluding hydrogens is 510 g/mol. The Labute approximate surface area is 221 Å². The van der Waals surface area contributed by atoms with Crippen molar-refractivity contribution in [2.45, 2.75) is 43.4 Å². The fourth-order valence-electron chi connectivity index (χ4n) is 4.98. The van der Waals surface area contributed by atoms with Crippen LogP contribution in [0.3, 0.4) is 0 Å². The molecule has 0 saturated carbocycles. The number of carbonyl (C=O) groups excluding carboxylic acids is 2. The minimum Gasteiger partial charge on any atom is -0.358 e. The first-order valence-corrected chi connectivity index (χ1v) is 13.7. The van der Waals surface area contributed by atoms with Gasteiger partial charge in [-0.05, 0) is 68.7 Å². The maximum atomic E-state index is 14.1. The van der Waals surface area contributed by atoms with Crippen molar-refractivity contribution in [3.05, 3.63) is 81.7 Å². The summed E-state index contributed by atoms with van der Waals surface area (Å²) in [6, 6.07) is 8.42. The van der Waals surface area contributed by atoms with Gasteiger partial charge in [0.1, 0.15) is 11.6 Å². The monoisotopic (exact) mass is 538 g/mol. The third kappa shape index (κ3) is 4.81. The van der Waals surface area contributed by atoms with E-state index in [1.54, 1.807) is 29.2 Å². The number of aromatic amines is 1. The van der Waals surface area contributed by atoms with E-state index in [1.807, 2.05) is 13.8 Å². The highest BCUT2D eigenvalue weighted by Gasteiger charge is 2.29. The van der Waals surface area contributed by atoms with Gasteiger partial charge < -0.3 is 20.9 Å². The Balaban J connectivity index is 1.45. The highest BCUT2D eigenvalue weighted by molar-refractivity contribution is 7.84. The molecule has 0 radical (unpaired) electrons. The lowest BCUT2D eigenvalue weighted by Gasteiger charge is -2.30. The van der Waals surface area contributed by atoms with Gasteiger partial charge in [0.05, 0.1) is 27.7 Å². The molecular formula is C28H28F2N4O3S. The molecule has 2 amide bonds. The summed E-state index contributed by atoms with van der Waals surface area (Å²) in [5.74, 6) is -2.26. The predicted molar refractivity (Wildman–Crippen MR) is 143 cm³/mol. The number of hydrogen-bond acceptors (Lipinski definition) is 4. The quantitative estimate of drug-likeness (QED) is 0.422. The minimum atomic E-state index is -1.75. The molecule has 1 aromatic heterocycles. The van der Waals surface area contributed by atoms with Crippen molar-refractivity contribution in [1.82, 2.24) is 9.88 Å². The van der Waals surface area contributed by atoms with Crippen molar-refractivity contribution in [2.75, 3.05) is 18.4 Å². The minimum absolute atomic E-state index is 0.0675. The Morgan fingerprint density at radius 2 is 1.84 bits per heavy atom. The molecule has 198 valence electrons. The number of anilines is 1. The van der Waals surface area contributed by atoms with Gasteiger partial charge in [-0.1, -0.05) is 6.07 Å². The van der Waals surface area contributed by atoms with Gasteiger partial charge in [-0.25, -0.2) is 8.78 Å². The highest BCUT2D eigenvalue weighted by Crippen LogP contribution is 2.36. The summed E-state index contributed by atoms with van der Waals surface area (Å²) in [7, 11) is -1.75. The molecule has 3 heterocycles. The molecule has 0 spiro atoms. The van der Waals surface area contributed by atoms with Gasteiger partial charge in [0.15, 0.2) is 0 Å². The van der Waals surface area contributed by atoms with Crippen molar-refractivity contribution in [2.24, 2.45) is 5.73 Å². The van der Waals surface area contributed by atoms with E-state index in [0.717, 1.165) is 30.5 Å². The zero-order valence-corrected chi connectivity index (χ0v) is 21.9. The maximum Gasteiger partial charge on any atom is 0.256 e. The number of amides is 2. The first-order valence-electron chi connectivity index (χ1n) is 12.4. The second-order valence-corrected chi connectivity index (χ2v) is 11.2. The molecule has 4 N–H and O–H groups in total. The number of H-pyrrole nitrogens is 1. The number of nitrogens with zero attached hydrogens (tertiary/aromatic N) is 1. The number of nitrogens with one attached hydrogen (secondary N) is 2. The number of rotatable bonds is 5. The van der Waals surface area contributed by atoms with Gasteiger partial charge in [0.2, 0.25) is 0 Å². The van der Waals surface area contributed by atoms with Crippen molar-refractivity contribution >= 4 is 40.0 Å². The number of likely N-dealkylation sites (tertiary alicyclic amines) is 1. The number of benzene rings is 2. The number of halogens is 2. The topological polar surface area (TPSA) is 108 Å². The predicted octanol–water partition coefficient (Wildman–Crippen LogP) is 4.27. The van der Waals surface area contributed by atoms with E-state index in [2.05, 4.69) is 10.3 Å². The van der Waals surface area contributed by atoms with E-state index in [9.17, 15) is 22.6 Å². The van der Waals surface area contributed by atoms with Crippen LogP contribution in [0.5, 0.6) is 0 Å². The summed E-state index contributed by atoms with van der Waals surface area (Å²) >= 11 is 0. The lowest BCUT2D eigenvalue weighted by atomic mass is 10.0. The average Bonchev–Trinajstić information content (AvgIpc) is 3.35. The summed E-state index contributed by atoms with van der Waals surface area (Å²) in [4.78, 5) is 31.5. The third-order valence-electron chi connectivity index (χ3n) is 7.18. The smallest absolute Gasteiger partial charge is 0.256 e. The van der Waals surface area contributed by atoms with Gasteiger partial charge in [-0.15, -0.1) is 0 Å². The van der Waals surface area contributed by atoms with Crippen LogP contribution >= 0.6 is 0 Å². The Hall–Kier alpha value is -3.63. The van der Waals surface area contributed by atoms with Crippen LogP contribution in [0.2, 0.25) is 0 Å². The van der Waals surface area contributed by atoms with Gasteiger partial charge in [-0.2, -0.15) is 0 Å². The van der Waals surface area contributed by atoms with Gasteiger partial charge in [-0.3, -0.25) is 13.8 Å². The molecule has 2 aliphatic heterocycles. The number of aromatic nitrogens is 1. The zero-order chi connectivity index (χ0) is 27.1. The molecule has 0 aliphatic carbocycles. The summed E-state index contributed by atoms with van der Waals surface area (Å²) in [6.07, 6.45) is 3.19. The number of aryl methyl sites for hydroxylation is 1. The molecule has 1 saturated heterocycles. The molecule has 38 heavy (non-hydrogen) atoms. The second kappa shape index (κ2) is 10.3. The normalized spacial score (nSPS) is 17.6. The van der Waals surface area contributed by atoms with Crippen LogP contribution in [0.15, 0.2) is 41.3 Å². The lowest BCUT2D eigenvalue weighted by molar-refractivity contribution is -0.110. The summed E-state index contributed by atoms with van der Waals surface area (Å²) < 4.78 is 41.2. The largest absolute Gasteiger partial charge is 0.358 e. The van der Waals surface area contributed by atoms with Crippen molar-refractivity contribution in [1.29, 1.82) is 0 Å². The SMILES string of the molecule is Cc1[nH]c(C=C2C(=O)Nc3ccc(S(=O)Cc4c(F)cccc4F)cc32)c(C)c1C(=O)N1CCC(N)CC1. The first kappa shape index (κ1) is 26.0. The maximum absolute atomic E-state index is 14.1. The highest BCUT2D eigenvalue weighted by atomic mass is 32.2. The van der Waals surface area contributed by atoms with Crippen molar-refractivity contribution in [3.8, 4) is 0 Å². The van der Waals surface area contributed by atoms with E-state index in [4.69, 9.17) is 5.73 Å². The lowest BCUT2D eigenvalue weighted by Crippen LogP contribution is -2.43. The van der Waals surface area contributed by atoms with Crippen LogP contribution in [0.25, 0.3) is 11.6 Å². The van der Waals surface area contributed by atoms with Gasteiger partial charge >= 0.3 is 0 Å².